The van der Waals surface area contributed by atoms with E-state index >= 15 is 0 Å². The van der Waals surface area contributed by atoms with E-state index in [9.17, 15) is 9.59 Å². The Morgan fingerprint density at radius 1 is 1.00 bits per heavy atom. The lowest BCUT2D eigenvalue weighted by Gasteiger charge is -2.22. The molecule has 1 saturated carbocycles. The molecule has 0 atom stereocenters. The minimum absolute atomic E-state index is 0.347. The van der Waals surface area contributed by atoms with E-state index in [4.69, 9.17) is 4.74 Å². The lowest BCUT2D eigenvalue weighted by Crippen LogP contribution is -2.26. The quantitative estimate of drug-likeness (QED) is 0.386. The van der Waals surface area contributed by atoms with Crippen molar-refractivity contribution >= 4 is 16.8 Å². The molecule has 0 amide bonds. The molecule has 0 unspecified atom stereocenters. The van der Waals surface area contributed by atoms with Crippen LogP contribution in [0.3, 0.4) is 0 Å². The maximum Gasteiger partial charge on any atom is 0.265 e. The number of pyridine rings is 1. The summed E-state index contributed by atoms with van der Waals surface area (Å²) in [6.45, 7) is 0.519. The Morgan fingerprint density at radius 3 is 2.65 bits per heavy atom. The Labute approximate surface area is 197 Å². The summed E-state index contributed by atoms with van der Waals surface area (Å²) >= 11 is 0. The maximum absolute atomic E-state index is 12.9. The van der Waals surface area contributed by atoms with Crippen LogP contribution in [0.5, 0.6) is 5.75 Å². The predicted molar refractivity (Wildman–Crippen MR) is 128 cm³/mol. The Morgan fingerprint density at radius 2 is 1.82 bits per heavy atom. The van der Waals surface area contributed by atoms with Crippen molar-refractivity contribution in [1.29, 1.82) is 0 Å². The SMILES string of the molecule is O=C(c1ccccc1)n1c(=O)ccc2cc(OCCCc3nnnn3C3CCCCC3)ccc21. The van der Waals surface area contributed by atoms with Crippen LogP contribution < -0.4 is 10.3 Å². The van der Waals surface area contributed by atoms with Crippen LogP contribution in [0.25, 0.3) is 10.9 Å². The Bertz CT molecular complexity index is 1340. The van der Waals surface area contributed by atoms with Crippen LogP contribution in [0, 0.1) is 0 Å². The maximum atomic E-state index is 12.9. The molecule has 0 saturated heterocycles. The van der Waals surface area contributed by atoms with Crippen molar-refractivity contribution in [2.75, 3.05) is 6.61 Å². The highest BCUT2D eigenvalue weighted by Crippen LogP contribution is 2.28. The molecule has 1 aliphatic carbocycles. The van der Waals surface area contributed by atoms with Crippen molar-refractivity contribution < 1.29 is 9.53 Å². The summed E-state index contributed by atoms with van der Waals surface area (Å²) in [7, 11) is 0. The highest BCUT2D eigenvalue weighted by Gasteiger charge is 2.19. The van der Waals surface area contributed by atoms with Crippen molar-refractivity contribution in [2.45, 2.75) is 51.0 Å². The van der Waals surface area contributed by atoms with E-state index < -0.39 is 0 Å². The van der Waals surface area contributed by atoms with E-state index in [1.807, 2.05) is 16.8 Å². The second-order valence-corrected chi connectivity index (χ2v) is 8.68. The second-order valence-electron chi connectivity index (χ2n) is 8.68. The summed E-state index contributed by atoms with van der Waals surface area (Å²) in [4.78, 5) is 25.4. The predicted octanol–water partition coefficient (Wildman–Crippen LogP) is 4.19. The number of aromatic nitrogens is 5. The number of fused-ring (bicyclic) bond motifs is 1. The van der Waals surface area contributed by atoms with E-state index in [1.54, 1.807) is 42.5 Å². The normalized spacial score (nSPS) is 14.4. The molecule has 1 aliphatic rings. The fraction of sp³-hybridized carbons (Fsp3) is 0.346. The van der Waals surface area contributed by atoms with Crippen LogP contribution in [0.1, 0.15) is 60.7 Å². The molecule has 174 valence electrons. The van der Waals surface area contributed by atoms with Crippen LogP contribution in [0.2, 0.25) is 0 Å². The monoisotopic (exact) mass is 457 g/mol. The number of tetrazole rings is 1. The molecule has 0 spiro atoms. The van der Waals surface area contributed by atoms with Crippen molar-refractivity contribution in [1.82, 2.24) is 24.8 Å². The first-order valence-corrected chi connectivity index (χ1v) is 11.9. The standard InChI is InChI=1S/C26H27N5O3/c32-25-16-13-20-18-22(14-15-23(20)30(25)26(33)19-8-3-1-4-9-19)34-17-7-12-24-27-28-29-31(24)21-10-5-2-6-11-21/h1,3-4,8-9,13-16,18,21H,2,5-7,10-12,17H2. The third kappa shape index (κ3) is 4.62. The van der Waals surface area contributed by atoms with Crippen molar-refractivity contribution in [3.63, 3.8) is 0 Å². The molecule has 0 bridgehead atoms. The van der Waals surface area contributed by atoms with Gasteiger partial charge < -0.3 is 4.74 Å². The molecule has 0 N–H and O–H groups in total. The van der Waals surface area contributed by atoms with Crippen LogP contribution in [-0.4, -0.2) is 37.3 Å². The van der Waals surface area contributed by atoms with Crippen molar-refractivity contribution in [3.05, 3.63) is 82.4 Å². The van der Waals surface area contributed by atoms with Crippen molar-refractivity contribution in [2.24, 2.45) is 0 Å². The fourth-order valence-corrected chi connectivity index (χ4v) is 4.64. The molecular weight excluding hydrogens is 430 g/mol. The number of nitrogens with zero attached hydrogens (tertiary/aromatic N) is 5. The smallest absolute Gasteiger partial charge is 0.265 e. The van der Waals surface area contributed by atoms with Crippen LogP contribution in [0.15, 0.2) is 65.5 Å². The summed E-state index contributed by atoms with van der Waals surface area (Å²) in [5, 5.41) is 13.1. The first-order chi connectivity index (χ1) is 16.7. The van der Waals surface area contributed by atoms with Gasteiger partial charge in [0.05, 0.1) is 18.2 Å². The largest absolute Gasteiger partial charge is 0.494 e. The molecule has 0 radical (unpaired) electrons. The summed E-state index contributed by atoms with van der Waals surface area (Å²) in [6, 6.07) is 17.8. The zero-order valence-electron chi connectivity index (χ0n) is 19.0. The van der Waals surface area contributed by atoms with Gasteiger partial charge in [-0.25, -0.2) is 9.25 Å². The van der Waals surface area contributed by atoms with Gasteiger partial charge in [0.25, 0.3) is 11.5 Å². The number of hydrogen-bond acceptors (Lipinski definition) is 6. The summed E-state index contributed by atoms with van der Waals surface area (Å²) in [5.74, 6) is 1.26. The third-order valence-electron chi connectivity index (χ3n) is 6.38. The Balaban J connectivity index is 1.25. The topological polar surface area (TPSA) is 91.9 Å². The van der Waals surface area contributed by atoms with E-state index in [0.29, 0.717) is 29.5 Å². The minimum atomic E-state index is -0.356. The number of carbonyl (C=O) groups excluding carboxylic acids is 1. The molecule has 5 rings (SSSR count). The number of aryl methyl sites for hydroxylation is 1. The van der Waals surface area contributed by atoms with Gasteiger partial charge in [-0.3, -0.25) is 9.59 Å². The third-order valence-corrected chi connectivity index (χ3v) is 6.38. The van der Waals surface area contributed by atoms with E-state index in [1.165, 1.54) is 29.9 Å². The van der Waals surface area contributed by atoms with Gasteiger partial charge in [0.1, 0.15) is 5.75 Å². The van der Waals surface area contributed by atoms with Gasteiger partial charge in [-0.2, -0.15) is 0 Å². The molecular formula is C26H27N5O3. The molecule has 8 nitrogen and oxygen atoms in total. The van der Waals surface area contributed by atoms with Gasteiger partial charge >= 0.3 is 0 Å². The fourth-order valence-electron chi connectivity index (χ4n) is 4.64. The zero-order chi connectivity index (χ0) is 23.3. The molecule has 2 aromatic heterocycles. The van der Waals surface area contributed by atoms with E-state index in [2.05, 4.69) is 15.5 Å². The average molecular weight is 458 g/mol. The van der Waals surface area contributed by atoms with Crippen LogP contribution in [-0.2, 0) is 6.42 Å². The van der Waals surface area contributed by atoms with Gasteiger partial charge in [-0.1, -0.05) is 37.5 Å². The highest BCUT2D eigenvalue weighted by molar-refractivity contribution is 6.01. The first-order valence-electron chi connectivity index (χ1n) is 11.9. The molecule has 1 fully saturated rings. The molecule has 2 heterocycles. The highest BCUT2D eigenvalue weighted by atomic mass is 16.5. The van der Waals surface area contributed by atoms with E-state index in [-0.39, 0.29) is 11.5 Å². The van der Waals surface area contributed by atoms with Crippen molar-refractivity contribution in [3.8, 4) is 5.75 Å². The lowest BCUT2D eigenvalue weighted by molar-refractivity contribution is 0.0961. The Hall–Kier alpha value is -3.81. The second kappa shape index (κ2) is 9.99. The Kier molecular flexibility index (Phi) is 6.46. The summed E-state index contributed by atoms with van der Waals surface area (Å²) in [6.07, 6.45) is 7.59. The molecule has 0 aliphatic heterocycles. The van der Waals surface area contributed by atoms with Gasteiger partial charge in [0.15, 0.2) is 5.82 Å². The first kappa shape index (κ1) is 22.0. The average Bonchev–Trinajstić information content (AvgIpc) is 3.36. The van der Waals surface area contributed by atoms with Gasteiger partial charge in [-0.15, -0.1) is 5.10 Å². The summed E-state index contributed by atoms with van der Waals surface area (Å²) < 4.78 is 9.17. The molecule has 8 heteroatoms. The molecule has 34 heavy (non-hydrogen) atoms. The van der Waals surface area contributed by atoms with Crippen LogP contribution >= 0.6 is 0 Å². The van der Waals surface area contributed by atoms with Gasteiger partial charge in [0.2, 0.25) is 0 Å². The minimum Gasteiger partial charge on any atom is -0.494 e. The summed E-state index contributed by atoms with van der Waals surface area (Å²) in [5.41, 5.74) is 0.666. The molecule has 4 aromatic rings. The number of hydrogen-bond donors (Lipinski definition) is 0. The van der Waals surface area contributed by atoms with Crippen LogP contribution in [0.4, 0.5) is 0 Å². The lowest BCUT2D eigenvalue weighted by atomic mass is 9.95. The van der Waals surface area contributed by atoms with E-state index in [0.717, 1.165) is 36.9 Å². The molecule has 2 aromatic carbocycles. The van der Waals surface area contributed by atoms with Gasteiger partial charge in [-0.05, 0) is 66.1 Å². The number of rotatable bonds is 7. The number of carbonyl (C=O) groups is 1. The number of ether oxygens (including phenoxy) is 1. The van der Waals surface area contributed by atoms with Gasteiger partial charge in [0, 0.05) is 23.4 Å². The zero-order valence-corrected chi connectivity index (χ0v) is 19.0. The number of benzene rings is 2.